The minimum Gasteiger partial charge on any atom is -0.253 e. The number of aliphatic imine (C=N–C) groups is 2. The molecule has 0 saturated carbocycles. The first-order valence-corrected chi connectivity index (χ1v) is 3.76. The fraction of sp³-hybridized carbons (Fsp3) is 0. The number of hydrogen-bond acceptors (Lipinski definition) is 3. The lowest BCUT2D eigenvalue weighted by atomic mass is 10.3. The normalized spacial score (nSPS) is 19.6. The summed E-state index contributed by atoms with van der Waals surface area (Å²) in [6, 6.07) is 1.97. The van der Waals surface area contributed by atoms with Crippen LogP contribution in [0.3, 0.4) is 0 Å². The zero-order chi connectivity index (χ0) is 7.84. The van der Waals surface area contributed by atoms with Crippen LogP contribution in [0, 0.1) is 11.3 Å². The average Bonchev–Trinajstić information content (AvgIpc) is 2.53. The summed E-state index contributed by atoms with van der Waals surface area (Å²) in [6.07, 6.45) is 3.45. The first-order chi connectivity index (χ1) is 5.33. The van der Waals surface area contributed by atoms with Gasteiger partial charge in [-0.2, -0.15) is 5.26 Å². The van der Waals surface area contributed by atoms with E-state index in [9.17, 15) is 0 Å². The van der Waals surface area contributed by atoms with Crippen LogP contribution < -0.4 is 0 Å². The average molecular weight is 208 g/mol. The van der Waals surface area contributed by atoms with Crippen LogP contribution in [0.5, 0.6) is 0 Å². The second-order valence-electron chi connectivity index (χ2n) is 2.06. The molecule has 0 amide bonds. The molecule has 0 aromatic rings. The number of fused-ring (bicyclic) bond motifs is 1. The highest BCUT2D eigenvalue weighted by molar-refractivity contribution is 9.12. The van der Waals surface area contributed by atoms with E-state index in [1.807, 2.05) is 6.07 Å². The van der Waals surface area contributed by atoms with Gasteiger partial charge in [0.1, 0.15) is 11.8 Å². The first kappa shape index (κ1) is 6.50. The minimum absolute atomic E-state index is 0.406. The summed E-state index contributed by atoms with van der Waals surface area (Å²) in [5.41, 5.74) is 1.94. The van der Waals surface area contributed by atoms with Crippen LogP contribution in [-0.2, 0) is 0 Å². The molecule has 0 spiro atoms. The molecule has 3 nitrogen and oxygen atoms in total. The number of halogens is 1. The maximum Gasteiger partial charge on any atom is 0.157 e. The van der Waals surface area contributed by atoms with Crippen molar-refractivity contribution in [1.82, 2.24) is 0 Å². The van der Waals surface area contributed by atoms with Crippen molar-refractivity contribution in [2.45, 2.75) is 0 Å². The van der Waals surface area contributed by atoms with Crippen molar-refractivity contribution in [2.24, 2.45) is 9.98 Å². The number of hydrogen-bond donors (Lipinski definition) is 0. The van der Waals surface area contributed by atoms with Gasteiger partial charge in [-0.25, -0.2) is 4.99 Å². The summed E-state index contributed by atoms with van der Waals surface area (Å²) >= 11 is 3.24. The fourth-order valence-corrected chi connectivity index (χ4v) is 1.43. The third-order valence-corrected chi connectivity index (χ3v) is 2.18. The lowest BCUT2D eigenvalue weighted by Gasteiger charge is -1.86. The van der Waals surface area contributed by atoms with Crippen molar-refractivity contribution in [3.8, 4) is 6.07 Å². The van der Waals surface area contributed by atoms with E-state index in [0.29, 0.717) is 10.2 Å². The van der Waals surface area contributed by atoms with Crippen molar-refractivity contribution in [1.29, 1.82) is 5.26 Å². The standard InChI is InChI=1S/C7H2BrN3/c8-6-5(3-9)11-4-1-2-10-7(4)6/h1-2H. The van der Waals surface area contributed by atoms with Gasteiger partial charge >= 0.3 is 0 Å². The Morgan fingerprint density at radius 3 is 3.00 bits per heavy atom. The number of nitrogens with zero attached hydrogens (tertiary/aromatic N) is 3. The van der Waals surface area contributed by atoms with Crippen molar-refractivity contribution < 1.29 is 0 Å². The first-order valence-electron chi connectivity index (χ1n) is 2.96. The van der Waals surface area contributed by atoms with Gasteiger partial charge in [0, 0.05) is 6.21 Å². The molecule has 52 valence electrons. The van der Waals surface area contributed by atoms with Gasteiger partial charge in [-0.15, -0.1) is 0 Å². The molecule has 0 unspecified atom stereocenters. The lowest BCUT2D eigenvalue weighted by Crippen LogP contribution is -1.87. The highest BCUT2D eigenvalue weighted by Gasteiger charge is 2.22. The van der Waals surface area contributed by atoms with E-state index >= 15 is 0 Å². The highest BCUT2D eigenvalue weighted by atomic mass is 79.9. The molecule has 0 saturated heterocycles. The Morgan fingerprint density at radius 2 is 2.36 bits per heavy atom. The molecule has 2 rings (SSSR count). The van der Waals surface area contributed by atoms with Crippen LogP contribution in [0.1, 0.15) is 0 Å². The molecule has 11 heavy (non-hydrogen) atoms. The summed E-state index contributed by atoms with van der Waals surface area (Å²) in [7, 11) is 0. The predicted octanol–water partition coefficient (Wildman–Crippen LogP) is 1.54. The van der Waals surface area contributed by atoms with Gasteiger partial charge in [-0.3, -0.25) is 4.99 Å². The predicted molar refractivity (Wildman–Crippen MR) is 45.6 cm³/mol. The summed E-state index contributed by atoms with van der Waals surface area (Å²) in [5, 5.41) is 8.57. The van der Waals surface area contributed by atoms with Crippen LogP contribution in [-0.4, -0.2) is 11.9 Å². The molecule has 2 aliphatic rings. The summed E-state index contributed by atoms with van der Waals surface area (Å²) in [4.78, 5) is 8.05. The summed E-state index contributed by atoms with van der Waals surface area (Å²) in [5.74, 6) is 0. The zero-order valence-corrected chi connectivity index (χ0v) is 6.96. The molecule has 2 heterocycles. The molecule has 0 fully saturated rings. The molecule has 0 bridgehead atoms. The van der Waals surface area contributed by atoms with Crippen LogP contribution in [0.15, 0.2) is 31.9 Å². The van der Waals surface area contributed by atoms with Gasteiger partial charge in [0.25, 0.3) is 0 Å². The van der Waals surface area contributed by atoms with Gasteiger partial charge in [0.2, 0.25) is 0 Å². The third kappa shape index (κ3) is 0.780. The van der Waals surface area contributed by atoms with Gasteiger partial charge in [0.05, 0.1) is 10.2 Å². The lowest BCUT2D eigenvalue weighted by molar-refractivity contribution is 1.33. The van der Waals surface area contributed by atoms with E-state index in [-0.39, 0.29) is 0 Å². The largest absolute Gasteiger partial charge is 0.253 e. The van der Waals surface area contributed by atoms with E-state index in [2.05, 4.69) is 25.9 Å². The Hall–Kier alpha value is -1.21. The Balaban J connectivity index is 2.60. The number of rotatable bonds is 0. The van der Waals surface area contributed by atoms with Crippen LogP contribution in [0.25, 0.3) is 0 Å². The molecular formula is C7H2BrN3. The van der Waals surface area contributed by atoms with Gasteiger partial charge in [-0.1, -0.05) is 0 Å². The van der Waals surface area contributed by atoms with E-state index in [4.69, 9.17) is 5.26 Å². The van der Waals surface area contributed by atoms with Crippen molar-refractivity contribution in [3.63, 3.8) is 0 Å². The van der Waals surface area contributed by atoms with Crippen LogP contribution in [0.4, 0.5) is 0 Å². The highest BCUT2D eigenvalue weighted by Crippen LogP contribution is 2.31. The van der Waals surface area contributed by atoms with Crippen molar-refractivity contribution in [2.75, 3.05) is 0 Å². The monoisotopic (exact) mass is 207 g/mol. The Kier molecular flexibility index (Phi) is 1.26. The summed E-state index contributed by atoms with van der Waals surface area (Å²) < 4.78 is 0.694. The molecule has 0 radical (unpaired) electrons. The SMILES string of the molecule is N#CC1=NC2=CC=NC2=C1Br. The fourth-order valence-electron chi connectivity index (χ4n) is 0.943. The quantitative estimate of drug-likeness (QED) is 0.595. The van der Waals surface area contributed by atoms with E-state index < -0.39 is 0 Å². The molecule has 4 heteroatoms. The molecule has 0 N–H and O–H groups in total. The maximum atomic E-state index is 8.57. The Bertz CT molecular complexity index is 379. The van der Waals surface area contributed by atoms with Gasteiger partial charge in [-0.05, 0) is 22.0 Å². The molecule has 2 aliphatic heterocycles. The maximum absolute atomic E-state index is 8.57. The van der Waals surface area contributed by atoms with E-state index in [1.165, 1.54) is 0 Å². The van der Waals surface area contributed by atoms with Crippen LogP contribution >= 0.6 is 15.9 Å². The van der Waals surface area contributed by atoms with Crippen LogP contribution in [0.2, 0.25) is 0 Å². The van der Waals surface area contributed by atoms with Gasteiger partial charge in [0.15, 0.2) is 5.71 Å². The molecule has 0 aromatic carbocycles. The Morgan fingerprint density at radius 1 is 1.55 bits per heavy atom. The molecule has 0 aliphatic carbocycles. The van der Waals surface area contributed by atoms with E-state index in [1.54, 1.807) is 12.3 Å². The second-order valence-corrected chi connectivity index (χ2v) is 2.86. The van der Waals surface area contributed by atoms with Crippen molar-refractivity contribution in [3.05, 3.63) is 22.0 Å². The van der Waals surface area contributed by atoms with Gasteiger partial charge < -0.3 is 0 Å². The second kappa shape index (κ2) is 2.14. The molecule has 0 atom stereocenters. The molecule has 0 aromatic heterocycles. The minimum atomic E-state index is 0.406. The zero-order valence-electron chi connectivity index (χ0n) is 5.37. The summed E-state index contributed by atoms with van der Waals surface area (Å²) in [6.45, 7) is 0. The number of allylic oxidation sites excluding steroid dienone is 2. The molecular weight excluding hydrogens is 206 g/mol. The Labute approximate surface area is 71.6 Å². The topological polar surface area (TPSA) is 48.5 Å². The number of nitriles is 1. The van der Waals surface area contributed by atoms with E-state index in [0.717, 1.165) is 11.4 Å². The third-order valence-electron chi connectivity index (χ3n) is 1.43. The van der Waals surface area contributed by atoms with Crippen molar-refractivity contribution >= 4 is 27.9 Å². The smallest absolute Gasteiger partial charge is 0.157 e.